The summed E-state index contributed by atoms with van der Waals surface area (Å²) in [6.07, 6.45) is 3.50. The first-order valence-corrected chi connectivity index (χ1v) is 3.42. The minimum absolute atomic E-state index is 0. The first-order valence-electron chi connectivity index (χ1n) is 2.57. The zero-order valence-electron chi connectivity index (χ0n) is 5.97. The maximum absolute atomic E-state index is 4.71. The maximum atomic E-state index is 4.71. The van der Waals surface area contributed by atoms with Crippen molar-refractivity contribution in [3.8, 4) is 0 Å². The third kappa shape index (κ3) is 17.8. The van der Waals surface area contributed by atoms with Crippen molar-refractivity contribution in [1.29, 1.82) is 0 Å². The second-order valence-electron chi connectivity index (χ2n) is 1.36. The minimum Gasteiger partial charge on any atom is -0.385 e. The van der Waals surface area contributed by atoms with Crippen LogP contribution in [0.2, 0.25) is 0 Å². The molecule has 0 fully saturated rings. The van der Waals surface area contributed by atoms with Crippen molar-refractivity contribution in [3.63, 3.8) is 0 Å². The molecule has 1 aromatic heterocycles. The summed E-state index contributed by atoms with van der Waals surface area (Å²) >= 11 is 7.65. The quantitative estimate of drug-likeness (QED) is 0.405. The van der Waals surface area contributed by atoms with E-state index in [1.807, 2.05) is 18.2 Å². The second kappa shape index (κ2) is 10.0. The summed E-state index contributed by atoms with van der Waals surface area (Å²) in [5.41, 5.74) is 4.71. The summed E-state index contributed by atoms with van der Waals surface area (Å²) in [5.74, 6) is 0. The van der Waals surface area contributed by atoms with E-state index in [-0.39, 0.29) is 23.8 Å². The van der Waals surface area contributed by atoms with Gasteiger partial charge in [-0.25, -0.2) is 0 Å². The molecule has 1 aromatic rings. The molecule has 0 unspecified atom stereocenters. The van der Waals surface area contributed by atoms with E-state index >= 15 is 0 Å². The smallest absolute Gasteiger partial charge is 0.128 e. The van der Waals surface area contributed by atoms with Gasteiger partial charge in [0.2, 0.25) is 0 Å². The Hall–Kier alpha value is 0.0134. The molecule has 2 N–H and O–H groups in total. The molecular formula is C6H8N2S2Zn. The Bertz CT molecular complexity index is 150. The van der Waals surface area contributed by atoms with E-state index in [0.717, 1.165) is 0 Å². The molecule has 0 aromatic carbocycles. The normalized spacial score (nSPS) is 6.64. The van der Waals surface area contributed by atoms with E-state index in [0.29, 0.717) is 0 Å². The molecule has 2 nitrogen and oxygen atoms in total. The molecule has 56 valence electrons. The van der Waals surface area contributed by atoms with Crippen LogP contribution in [0.3, 0.4) is 0 Å². The zero-order chi connectivity index (χ0) is 7.82. The average molecular weight is 238 g/mol. The van der Waals surface area contributed by atoms with Gasteiger partial charge >= 0.3 is 0 Å². The van der Waals surface area contributed by atoms with Crippen molar-refractivity contribution in [2.45, 2.75) is 0 Å². The number of nitrogens with zero attached hydrogens (tertiary/aromatic N) is 1. The maximum Gasteiger partial charge on any atom is 0.128 e. The molecule has 11 heavy (non-hydrogen) atoms. The molecule has 0 radical (unpaired) electrons. The topological polar surface area (TPSA) is 38.9 Å². The van der Waals surface area contributed by atoms with Crippen molar-refractivity contribution in [3.05, 3.63) is 30.6 Å². The van der Waals surface area contributed by atoms with Gasteiger partial charge in [-0.15, -0.1) is 12.6 Å². The molecule has 0 spiro atoms. The van der Waals surface area contributed by atoms with E-state index in [2.05, 4.69) is 29.8 Å². The number of thiol groups is 1. The number of hydrogen-bond acceptors (Lipinski definition) is 2. The average Bonchev–Trinajstić information content (AvgIpc) is 1.90. The monoisotopic (exact) mass is 236 g/mol. The molecule has 0 saturated carbocycles. The number of nitrogens with two attached hydrogens (primary N) is 1. The Balaban J connectivity index is 0. The van der Waals surface area contributed by atoms with Crippen LogP contribution in [0.5, 0.6) is 0 Å². The van der Waals surface area contributed by atoms with Gasteiger partial charge in [-0.05, 0) is 12.1 Å². The SMILES string of the molecule is NC(=S)S.[Zn].c1ccncc1. The van der Waals surface area contributed by atoms with Crippen LogP contribution in [0.15, 0.2) is 30.6 Å². The third-order valence-electron chi connectivity index (χ3n) is 0.566. The van der Waals surface area contributed by atoms with E-state index in [1.165, 1.54) is 0 Å². The molecule has 5 heteroatoms. The van der Waals surface area contributed by atoms with Gasteiger partial charge in [0.1, 0.15) is 4.32 Å². The third-order valence-corrected chi connectivity index (χ3v) is 0.566. The molecular weight excluding hydrogens is 230 g/mol. The number of rotatable bonds is 0. The van der Waals surface area contributed by atoms with Crippen LogP contribution in [0.1, 0.15) is 0 Å². The number of pyridine rings is 1. The summed E-state index contributed by atoms with van der Waals surface area (Å²) < 4.78 is 0.194. The van der Waals surface area contributed by atoms with E-state index < -0.39 is 0 Å². The molecule has 0 aliphatic carbocycles. The van der Waals surface area contributed by atoms with Crippen LogP contribution in [0, 0.1) is 0 Å². The Kier molecular flexibility index (Phi) is 12.4. The fourth-order valence-corrected chi connectivity index (χ4v) is 0.313. The summed E-state index contributed by atoms with van der Waals surface area (Å²) in [5, 5.41) is 0. The first-order chi connectivity index (χ1) is 4.73. The van der Waals surface area contributed by atoms with E-state index in [1.54, 1.807) is 12.4 Å². The predicted octanol–water partition coefficient (Wildman–Crippen LogP) is 1.24. The van der Waals surface area contributed by atoms with E-state index in [9.17, 15) is 0 Å². The van der Waals surface area contributed by atoms with E-state index in [4.69, 9.17) is 5.73 Å². The van der Waals surface area contributed by atoms with Gasteiger partial charge in [-0.2, -0.15) is 0 Å². The van der Waals surface area contributed by atoms with Crippen molar-refractivity contribution in [2.75, 3.05) is 0 Å². The molecule has 0 amide bonds. The minimum atomic E-state index is 0. The van der Waals surface area contributed by atoms with Crippen LogP contribution in [-0.4, -0.2) is 9.30 Å². The van der Waals surface area contributed by atoms with Crippen LogP contribution in [0.25, 0.3) is 0 Å². The van der Waals surface area contributed by atoms with Crippen LogP contribution >= 0.6 is 24.8 Å². The van der Waals surface area contributed by atoms with Gasteiger partial charge < -0.3 is 5.73 Å². The van der Waals surface area contributed by atoms with Gasteiger partial charge in [-0.1, -0.05) is 18.3 Å². The Morgan fingerprint density at radius 3 is 1.73 bits per heavy atom. The van der Waals surface area contributed by atoms with Crippen molar-refractivity contribution >= 4 is 29.2 Å². The number of thiocarbonyl (C=S) groups is 1. The Labute approximate surface area is 89.8 Å². The zero-order valence-corrected chi connectivity index (χ0v) is 10.7. The first kappa shape index (κ1) is 13.6. The molecule has 0 aliphatic rings. The number of aromatic nitrogens is 1. The molecule has 0 bridgehead atoms. The molecule has 0 aliphatic heterocycles. The second-order valence-corrected chi connectivity index (χ2v) is 2.59. The molecule has 0 atom stereocenters. The van der Waals surface area contributed by atoms with Gasteiger partial charge in [0.15, 0.2) is 0 Å². The van der Waals surface area contributed by atoms with Gasteiger partial charge in [0.05, 0.1) is 0 Å². The molecule has 1 rings (SSSR count). The van der Waals surface area contributed by atoms with Gasteiger partial charge in [0.25, 0.3) is 0 Å². The van der Waals surface area contributed by atoms with Gasteiger partial charge in [0, 0.05) is 31.9 Å². The Morgan fingerprint density at radius 2 is 1.64 bits per heavy atom. The predicted molar refractivity (Wildman–Crippen MR) is 50.0 cm³/mol. The summed E-state index contributed by atoms with van der Waals surface area (Å²) in [6, 6.07) is 5.72. The largest absolute Gasteiger partial charge is 0.385 e. The van der Waals surface area contributed by atoms with Gasteiger partial charge in [-0.3, -0.25) is 4.98 Å². The van der Waals surface area contributed by atoms with Crippen LogP contribution in [0.4, 0.5) is 0 Å². The summed E-state index contributed by atoms with van der Waals surface area (Å²) in [4.78, 5) is 3.78. The summed E-state index contributed by atoms with van der Waals surface area (Å²) in [7, 11) is 0. The standard InChI is InChI=1S/C5H5N.CH3NS2.Zn/c1-2-4-6-5-3-1;2-1(3)4;/h1-5H;(H3,2,3,4);. The van der Waals surface area contributed by atoms with Crippen molar-refractivity contribution < 1.29 is 19.5 Å². The van der Waals surface area contributed by atoms with Crippen molar-refractivity contribution in [1.82, 2.24) is 4.98 Å². The fourth-order valence-electron chi connectivity index (χ4n) is 0.313. The fraction of sp³-hybridized carbons (Fsp3) is 0. The molecule has 1 heterocycles. The summed E-state index contributed by atoms with van der Waals surface area (Å²) in [6.45, 7) is 0. The Morgan fingerprint density at radius 1 is 1.27 bits per heavy atom. The van der Waals surface area contributed by atoms with Crippen LogP contribution in [-0.2, 0) is 19.5 Å². The molecule has 0 saturated heterocycles. The van der Waals surface area contributed by atoms with Crippen LogP contribution < -0.4 is 5.73 Å². The number of hydrogen-bond donors (Lipinski definition) is 2. The van der Waals surface area contributed by atoms with Crippen molar-refractivity contribution in [2.24, 2.45) is 5.73 Å².